The number of sulfone groups is 1. The molecule has 0 saturated carbocycles. The summed E-state index contributed by atoms with van der Waals surface area (Å²) in [5.74, 6) is -1.51. The monoisotopic (exact) mass is 446 g/mol. The number of anilines is 1. The number of benzene rings is 1. The summed E-state index contributed by atoms with van der Waals surface area (Å²) in [6.45, 7) is 0. The molecule has 10 heteroatoms. The first kappa shape index (κ1) is 18.4. The molecule has 7 nitrogen and oxygen atoms in total. The standard InChI is InChI=1S/C15H15BrN2O5S2/c16-9-2-1-3-10(6-9)18-11-7-25(22,23)8-12(11)24-15(18)17-13(19)4-5-14(20)21/h1-3,6,11-12H,4-5,7-8H2,(H,20,21)/t11-,12+/m1/s1. The van der Waals surface area contributed by atoms with Crippen LogP contribution in [0.3, 0.4) is 0 Å². The van der Waals surface area contributed by atoms with Crippen molar-refractivity contribution in [3.63, 3.8) is 0 Å². The van der Waals surface area contributed by atoms with E-state index in [4.69, 9.17) is 5.11 Å². The van der Waals surface area contributed by atoms with Crippen molar-refractivity contribution in [2.24, 2.45) is 4.99 Å². The van der Waals surface area contributed by atoms with E-state index in [1.54, 1.807) is 4.90 Å². The molecule has 0 aliphatic carbocycles. The Morgan fingerprint density at radius 2 is 2.08 bits per heavy atom. The van der Waals surface area contributed by atoms with E-state index in [0.717, 1.165) is 10.2 Å². The topological polar surface area (TPSA) is 104 Å². The minimum Gasteiger partial charge on any atom is -0.481 e. The zero-order valence-electron chi connectivity index (χ0n) is 13.0. The molecule has 2 atom stereocenters. The summed E-state index contributed by atoms with van der Waals surface area (Å²) in [6, 6.07) is 7.06. The molecule has 0 radical (unpaired) electrons. The zero-order valence-corrected chi connectivity index (χ0v) is 16.2. The molecule has 2 aliphatic rings. The predicted molar refractivity (Wildman–Crippen MR) is 99.8 cm³/mol. The number of rotatable bonds is 4. The minimum atomic E-state index is -3.12. The van der Waals surface area contributed by atoms with Gasteiger partial charge in [-0.05, 0) is 18.2 Å². The summed E-state index contributed by atoms with van der Waals surface area (Å²) in [5, 5.41) is 8.93. The lowest BCUT2D eigenvalue weighted by Gasteiger charge is -2.24. The molecular formula is C15H15BrN2O5S2. The number of amides is 1. The van der Waals surface area contributed by atoms with Gasteiger partial charge in [0.2, 0.25) is 5.91 Å². The third-order valence-corrected chi connectivity index (χ3v) is 7.63. The van der Waals surface area contributed by atoms with Gasteiger partial charge in [0, 0.05) is 21.8 Å². The molecule has 134 valence electrons. The smallest absolute Gasteiger partial charge is 0.303 e. The Morgan fingerprint density at radius 3 is 2.76 bits per heavy atom. The Bertz CT molecular complexity index is 855. The number of amidine groups is 1. The summed E-state index contributed by atoms with van der Waals surface area (Å²) in [4.78, 5) is 28.4. The molecule has 2 fully saturated rings. The maximum absolute atomic E-state index is 12.0. The molecule has 1 aromatic carbocycles. The van der Waals surface area contributed by atoms with Gasteiger partial charge in [0.25, 0.3) is 0 Å². The van der Waals surface area contributed by atoms with Gasteiger partial charge in [-0.2, -0.15) is 4.99 Å². The molecule has 1 amide bonds. The highest BCUT2D eigenvalue weighted by atomic mass is 79.9. The van der Waals surface area contributed by atoms with E-state index >= 15 is 0 Å². The van der Waals surface area contributed by atoms with Crippen molar-refractivity contribution >= 4 is 60.3 Å². The van der Waals surface area contributed by atoms with E-state index in [9.17, 15) is 18.0 Å². The number of carboxylic acids is 1. The number of carbonyl (C=O) groups is 2. The molecule has 0 spiro atoms. The van der Waals surface area contributed by atoms with Crippen LogP contribution in [0.4, 0.5) is 5.69 Å². The molecular weight excluding hydrogens is 432 g/mol. The van der Waals surface area contributed by atoms with Crippen molar-refractivity contribution in [1.82, 2.24) is 0 Å². The number of hydrogen-bond donors (Lipinski definition) is 1. The lowest BCUT2D eigenvalue weighted by atomic mass is 10.2. The van der Waals surface area contributed by atoms with Gasteiger partial charge in [0.1, 0.15) is 0 Å². The molecule has 0 aromatic heterocycles. The van der Waals surface area contributed by atoms with Gasteiger partial charge in [-0.1, -0.05) is 33.8 Å². The van der Waals surface area contributed by atoms with Gasteiger partial charge < -0.3 is 10.0 Å². The average molecular weight is 447 g/mol. The number of thioether (sulfide) groups is 1. The van der Waals surface area contributed by atoms with Gasteiger partial charge in [-0.15, -0.1) is 0 Å². The van der Waals surface area contributed by atoms with Gasteiger partial charge in [-0.3, -0.25) is 9.59 Å². The summed E-state index contributed by atoms with van der Waals surface area (Å²) < 4.78 is 24.8. The first-order valence-electron chi connectivity index (χ1n) is 7.50. The molecule has 2 aliphatic heterocycles. The number of carboxylic acid groups (broad SMARTS) is 1. The van der Waals surface area contributed by atoms with Crippen LogP contribution in [0.15, 0.2) is 33.7 Å². The maximum atomic E-state index is 12.0. The van der Waals surface area contributed by atoms with E-state index in [2.05, 4.69) is 20.9 Å². The van der Waals surface area contributed by atoms with Crippen molar-refractivity contribution in [1.29, 1.82) is 0 Å². The Hall–Kier alpha value is -1.39. The molecule has 3 rings (SSSR count). The van der Waals surface area contributed by atoms with Crippen LogP contribution in [0.1, 0.15) is 12.8 Å². The van der Waals surface area contributed by atoms with E-state index < -0.39 is 21.7 Å². The fourth-order valence-corrected chi connectivity index (χ4v) is 7.19. The number of aliphatic carboxylic acids is 1. The summed E-state index contributed by atoms with van der Waals surface area (Å²) >= 11 is 4.66. The van der Waals surface area contributed by atoms with E-state index in [1.807, 2.05) is 24.3 Å². The Labute approximate surface area is 157 Å². The lowest BCUT2D eigenvalue weighted by Crippen LogP contribution is -2.37. The van der Waals surface area contributed by atoms with Crippen molar-refractivity contribution < 1.29 is 23.1 Å². The Morgan fingerprint density at radius 1 is 1.32 bits per heavy atom. The second-order valence-electron chi connectivity index (χ2n) is 5.83. The first-order valence-corrected chi connectivity index (χ1v) is 11.0. The molecule has 25 heavy (non-hydrogen) atoms. The second kappa shape index (κ2) is 7.08. The second-order valence-corrected chi connectivity index (χ2v) is 10.1. The van der Waals surface area contributed by atoms with Gasteiger partial charge in [-0.25, -0.2) is 8.42 Å². The summed E-state index contributed by atoms with van der Waals surface area (Å²) in [5.41, 5.74) is 0.747. The van der Waals surface area contributed by atoms with E-state index in [1.165, 1.54) is 11.8 Å². The lowest BCUT2D eigenvalue weighted by molar-refractivity contribution is -0.138. The number of fused-ring (bicyclic) bond motifs is 1. The molecule has 0 unspecified atom stereocenters. The van der Waals surface area contributed by atoms with Crippen LogP contribution in [-0.4, -0.2) is 53.4 Å². The predicted octanol–water partition coefficient (Wildman–Crippen LogP) is 1.92. The number of hydrogen-bond acceptors (Lipinski definition) is 5. The molecule has 0 bridgehead atoms. The molecule has 2 heterocycles. The van der Waals surface area contributed by atoms with E-state index in [0.29, 0.717) is 5.17 Å². The number of aliphatic imine (C=N–C) groups is 1. The van der Waals surface area contributed by atoms with E-state index in [-0.39, 0.29) is 35.6 Å². The van der Waals surface area contributed by atoms with Crippen LogP contribution in [-0.2, 0) is 19.4 Å². The SMILES string of the molecule is O=C(O)CCC(=O)N=C1S[C@H]2CS(=O)(=O)C[C@H]2N1c1cccc(Br)c1. The highest BCUT2D eigenvalue weighted by molar-refractivity contribution is 9.10. The molecule has 1 aromatic rings. The van der Waals surface area contributed by atoms with Crippen molar-refractivity contribution in [2.75, 3.05) is 16.4 Å². The summed E-state index contributed by atoms with van der Waals surface area (Å²) in [7, 11) is -3.12. The van der Waals surface area contributed by atoms with Gasteiger partial charge >= 0.3 is 5.97 Å². The number of nitrogens with zero attached hydrogens (tertiary/aromatic N) is 2. The highest BCUT2D eigenvalue weighted by Gasteiger charge is 2.49. The van der Waals surface area contributed by atoms with Gasteiger partial charge in [0.15, 0.2) is 15.0 Å². The van der Waals surface area contributed by atoms with Crippen LogP contribution >= 0.6 is 27.7 Å². The third-order valence-electron chi connectivity index (χ3n) is 3.93. The highest BCUT2D eigenvalue weighted by Crippen LogP contribution is 2.41. The third kappa shape index (κ3) is 4.24. The zero-order chi connectivity index (χ0) is 18.2. The van der Waals surface area contributed by atoms with Crippen LogP contribution < -0.4 is 4.90 Å². The normalized spacial score (nSPS) is 26.0. The average Bonchev–Trinajstić information content (AvgIpc) is 2.96. The van der Waals surface area contributed by atoms with Crippen LogP contribution in [0.2, 0.25) is 0 Å². The Balaban J connectivity index is 1.92. The van der Waals surface area contributed by atoms with Crippen molar-refractivity contribution in [2.45, 2.75) is 24.1 Å². The first-order chi connectivity index (χ1) is 11.7. The largest absolute Gasteiger partial charge is 0.481 e. The fraction of sp³-hybridized carbons (Fsp3) is 0.400. The van der Waals surface area contributed by atoms with Crippen molar-refractivity contribution in [3.05, 3.63) is 28.7 Å². The number of halogens is 1. The van der Waals surface area contributed by atoms with Crippen LogP contribution in [0.5, 0.6) is 0 Å². The van der Waals surface area contributed by atoms with Crippen LogP contribution in [0.25, 0.3) is 0 Å². The fourth-order valence-electron chi connectivity index (χ4n) is 2.87. The van der Waals surface area contributed by atoms with Gasteiger partial charge in [0.05, 0.1) is 24.0 Å². The maximum Gasteiger partial charge on any atom is 0.303 e. The minimum absolute atomic E-state index is 0.0134. The molecule has 1 N–H and O–H groups in total. The number of carbonyl (C=O) groups excluding carboxylic acids is 1. The van der Waals surface area contributed by atoms with Crippen molar-refractivity contribution in [3.8, 4) is 0 Å². The van der Waals surface area contributed by atoms with Crippen LogP contribution in [0, 0.1) is 0 Å². The summed E-state index contributed by atoms with van der Waals surface area (Å²) in [6.07, 6.45) is -0.461. The quantitative estimate of drug-likeness (QED) is 0.752. The Kier molecular flexibility index (Phi) is 5.21. The molecule has 2 saturated heterocycles.